The molecular weight excluding hydrogens is 768 g/mol. The van der Waals surface area contributed by atoms with Crippen LogP contribution in [0.25, 0.3) is 0 Å². The molecule has 0 aromatic heterocycles. The zero-order valence-electron chi connectivity index (χ0n) is 38.6. The molecule has 0 spiro atoms. The minimum atomic E-state index is 0.254. The van der Waals surface area contributed by atoms with Gasteiger partial charge in [0.15, 0.2) is 0 Å². The van der Waals surface area contributed by atoms with Crippen molar-refractivity contribution in [2.75, 3.05) is 37.0 Å². The first-order valence-electron chi connectivity index (χ1n) is 24.0. The van der Waals surface area contributed by atoms with Gasteiger partial charge in [0.25, 0.3) is 0 Å². The second kappa shape index (κ2) is 46.6. The maximum absolute atomic E-state index is 4.70. The van der Waals surface area contributed by atoms with E-state index in [-0.39, 0.29) is 15.8 Å². The summed E-state index contributed by atoms with van der Waals surface area (Å²) in [5.74, 6) is 6.07. The number of unbranched alkanes of at least 4 members (excludes halogenated alkanes) is 6. The monoisotopic (exact) mass is 869 g/mol. The molecule has 6 unspecified atom stereocenters. The summed E-state index contributed by atoms with van der Waals surface area (Å²) >= 11 is 0.569. The molecule has 0 bridgehead atoms. The molecule has 0 N–H and O–H groups in total. The van der Waals surface area contributed by atoms with Gasteiger partial charge in [-0.15, -0.1) is 15.8 Å². The van der Waals surface area contributed by atoms with E-state index in [0.29, 0.717) is 12.7 Å². The van der Waals surface area contributed by atoms with E-state index in [1.807, 2.05) is 0 Å². The van der Waals surface area contributed by atoms with Crippen molar-refractivity contribution >= 4 is 36.2 Å². The van der Waals surface area contributed by atoms with E-state index in [0.717, 1.165) is 35.5 Å². The van der Waals surface area contributed by atoms with Gasteiger partial charge in [0.2, 0.25) is 0 Å². The van der Waals surface area contributed by atoms with Gasteiger partial charge in [-0.2, -0.15) is 0 Å². The summed E-state index contributed by atoms with van der Waals surface area (Å²) in [6.07, 6.45) is 43.8. The summed E-state index contributed by atoms with van der Waals surface area (Å²) in [7, 11) is 9.91. The molecule has 0 nitrogen and oxygen atoms in total. The Kier molecular flexibility index (Phi) is 52.1. The van der Waals surface area contributed by atoms with Crippen molar-refractivity contribution in [3.63, 3.8) is 0 Å². The molecule has 0 fully saturated rings. The Balaban J connectivity index is -0.000000877. The molecule has 0 amide bonds. The van der Waals surface area contributed by atoms with Gasteiger partial charge < -0.3 is 0 Å². The van der Waals surface area contributed by atoms with E-state index in [9.17, 15) is 0 Å². The molecule has 0 rings (SSSR count). The molecule has 5 heteroatoms. The third-order valence-corrected chi connectivity index (χ3v) is 18.6. The normalized spacial score (nSPS) is 16.0. The predicted octanol–water partition coefficient (Wildman–Crippen LogP) is 19.6. The van der Waals surface area contributed by atoms with Gasteiger partial charge in [-0.3, -0.25) is 0 Å². The zero-order chi connectivity index (χ0) is 40.5. The summed E-state index contributed by atoms with van der Waals surface area (Å²) in [4.78, 5) is 0. The SMILES string of the molecule is CCCCC(CC)CP(CC(CC)CCCC)CC(CC)CCCC.CCCCC(CC)CP(CC(CC)CCCC)CC(CC)CCCC.[Cl][Ni][Cl]. The van der Waals surface area contributed by atoms with Gasteiger partial charge in [-0.1, -0.05) is 237 Å². The van der Waals surface area contributed by atoms with Crippen molar-refractivity contribution in [3.8, 4) is 0 Å². The van der Waals surface area contributed by atoms with Crippen LogP contribution in [0, 0.1) is 35.5 Å². The quantitative estimate of drug-likeness (QED) is 0.0435. The Morgan fingerprint density at radius 3 is 0.528 bits per heavy atom. The first-order chi connectivity index (χ1) is 25.7. The molecule has 0 aliphatic carbocycles. The van der Waals surface area contributed by atoms with Gasteiger partial charge in [-0.05, 0) is 72.5 Å². The van der Waals surface area contributed by atoms with Crippen molar-refractivity contribution < 1.29 is 12.7 Å². The molecule has 0 radical (unpaired) electrons. The first kappa shape index (κ1) is 59.2. The van der Waals surface area contributed by atoms with Crippen LogP contribution in [0.3, 0.4) is 0 Å². The van der Waals surface area contributed by atoms with Crippen LogP contribution in [0.2, 0.25) is 0 Å². The van der Waals surface area contributed by atoms with Crippen LogP contribution in [0.1, 0.15) is 237 Å². The fourth-order valence-corrected chi connectivity index (χ4v) is 16.1. The van der Waals surface area contributed by atoms with Gasteiger partial charge in [0.1, 0.15) is 0 Å². The number of halogens is 2. The van der Waals surface area contributed by atoms with E-state index in [1.165, 1.54) is 154 Å². The summed E-state index contributed by atoms with van der Waals surface area (Å²) in [5, 5.41) is 0. The Morgan fingerprint density at radius 1 is 0.302 bits per heavy atom. The molecule has 0 aliphatic rings. The fourth-order valence-electron chi connectivity index (χ4n) is 8.14. The van der Waals surface area contributed by atoms with Crippen molar-refractivity contribution in [1.82, 2.24) is 0 Å². The Hall–Kier alpha value is 1.93. The summed E-state index contributed by atoms with van der Waals surface area (Å²) in [5.41, 5.74) is 0. The molecule has 0 aliphatic heterocycles. The molecule has 0 saturated carbocycles. The predicted molar refractivity (Wildman–Crippen MR) is 255 cm³/mol. The van der Waals surface area contributed by atoms with Crippen molar-refractivity contribution in [2.24, 2.45) is 35.5 Å². The molecule has 53 heavy (non-hydrogen) atoms. The molecule has 0 heterocycles. The van der Waals surface area contributed by atoms with Crippen LogP contribution in [-0.2, 0) is 12.7 Å². The molecule has 6 atom stereocenters. The number of rotatable bonds is 36. The van der Waals surface area contributed by atoms with E-state index < -0.39 is 0 Å². The summed E-state index contributed by atoms with van der Waals surface area (Å²) in [6.45, 7) is 28.8. The van der Waals surface area contributed by atoms with Crippen LogP contribution in [0.15, 0.2) is 0 Å². The minimum absolute atomic E-state index is 0.254. The molecule has 0 aromatic rings. The number of hydrogen-bond donors (Lipinski definition) is 0. The van der Waals surface area contributed by atoms with Crippen LogP contribution in [-0.4, -0.2) is 37.0 Å². The zero-order valence-corrected chi connectivity index (χ0v) is 42.9. The van der Waals surface area contributed by atoms with Gasteiger partial charge in [-0.25, -0.2) is 0 Å². The van der Waals surface area contributed by atoms with Crippen LogP contribution >= 0.6 is 36.2 Å². The molecule has 0 saturated heterocycles. The maximum atomic E-state index is 4.70. The van der Waals surface area contributed by atoms with Gasteiger partial charge in [0.05, 0.1) is 0 Å². The van der Waals surface area contributed by atoms with E-state index in [4.69, 9.17) is 20.4 Å². The van der Waals surface area contributed by atoms with E-state index >= 15 is 0 Å². The Morgan fingerprint density at radius 2 is 0.434 bits per heavy atom. The fraction of sp³-hybridized carbons (Fsp3) is 1.00. The topological polar surface area (TPSA) is 0 Å². The van der Waals surface area contributed by atoms with Crippen molar-refractivity contribution in [2.45, 2.75) is 237 Å². The van der Waals surface area contributed by atoms with E-state index in [2.05, 4.69) is 83.1 Å². The summed E-state index contributed by atoms with van der Waals surface area (Å²) < 4.78 is 0. The standard InChI is InChI=1S/2C24H51P.2ClH.Ni/c2*1-7-13-16-22(10-4)19-25(20-23(11-5)17-14-8-2)21-24(12-6)18-15-9-3;;;/h2*22-24H,7-21H2,1-6H3;2*1H;/q;;;;+2/p-2. The molecule has 0 aromatic carbocycles. The summed E-state index contributed by atoms with van der Waals surface area (Å²) in [6, 6.07) is 0. The van der Waals surface area contributed by atoms with Crippen LogP contribution in [0.4, 0.5) is 0 Å². The second-order valence-corrected chi connectivity index (χ2v) is 23.5. The number of hydrogen-bond acceptors (Lipinski definition) is 0. The Labute approximate surface area is 356 Å². The average molecular weight is 871 g/mol. The molecular formula is C48H102Cl2NiP2. The van der Waals surface area contributed by atoms with Gasteiger partial charge in [0, 0.05) is 0 Å². The first-order valence-corrected chi connectivity index (χ1v) is 30.5. The van der Waals surface area contributed by atoms with E-state index in [1.54, 1.807) is 37.0 Å². The van der Waals surface area contributed by atoms with Gasteiger partial charge >= 0.3 is 33.0 Å². The Bertz CT molecular complexity index is 528. The second-order valence-electron chi connectivity index (χ2n) is 17.0. The van der Waals surface area contributed by atoms with Crippen molar-refractivity contribution in [3.05, 3.63) is 0 Å². The third-order valence-electron chi connectivity index (χ3n) is 12.4. The van der Waals surface area contributed by atoms with Crippen LogP contribution in [0.5, 0.6) is 0 Å². The molecule has 328 valence electrons. The van der Waals surface area contributed by atoms with Crippen LogP contribution < -0.4 is 0 Å². The average Bonchev–Trinajstić information content (AvgIpc) is 3.18. The third kappa shape index (κ3) is 37.9. The van der Waals surface area contributed by atoms with Crippen molar-refractivity contribution in [1.29, 1.82) is 0 Å².